The minimum atomic E-state index is -1.88. The first-order valence-corrected chi connectivity index (χ1v) is 12.6. The minimum Gasteiger partial charge on any atom is -1.00 e. The Morgan fingerprint density at radius 1 is 0.710 bits per heavy atom. The van der Waals surface area contributed by atoms with Gasteiger partial charge in [0.25, 0.3) is 0 Å². The van der Waals surface area contributed by atoms with Gasteiger partial charge in [-0.2, -0.15) is 0 Å². The van der Waals surface area contributed by atoms with Crippen LogP contribution in [0.4, 0.5) is 0 Å². The SMILES string of the molecule is CCOC(C=C(C)C[P+](c1ccccc1)(c1ccccc1)c1ccccc1)OCC.[Br-]. The molecule has 3 rings (SSSR count). The highest BCUT2D eigenvalue weighted by Gasteiger charge is 2.45. The van der Waals surface area contributed by atoms with Gasteiger partial charge in [0.1, 0.15) is 23.2 Å². The molecular weight excluding hydrogens is 467 g/mol. The van der Waals surface area contributed by atoms with Gasteiger partial charge in [-0.25, -0.2) is 0 Å². The Hall–Kier alpha value is -1.77. The Labute approximate surface area is 198 Å². The maximum absolute atomic E-state index is 5.80. The van der Waals surface area contributed by atoms with Crippen LogP contribution in [-0.4, -0.2) is 25.7 Å². The summed E-state index contributed by atoms with van der Waals surface area (Å²) in [6.45, 7) is 7.47. The Morgan fingerprint density at radius 3 is 1.39 bits per heavy atom. The molecule has 0 saturated carbocycles. The third-order valence-electron chi connectivity index (χ3n) is 5.16. The first-order chi connectivity index (χ1) is 14.7. The molecule has 0 aromatic heterocycles. The Bertz CT molecular complexity index is 811. The van der Waals surface area contributed by atoms with Crippen LogP contribution in [0, 0.1) is 0 Å². The summed E-state index contributed by atoms with van der Waals surface area (Å²) in [6, 6.07) is 32.9. The van der Waals surface area contributed by atoms with E-state index < -0.39 is 7.26 Å². The fourth-order valence-electron chi connectivity index (χ4n) is 3.90. The molecule has 0 fully saturated rings. The topological polar surface area (TPSA) is 18.5 Å². The number of rotatable bonds is 10. The molecule has 0 N–H and O–H groups in total. The largest absolute Gasteiger partial charge is 1.00 e. The van der Waals surface area contributed by atoms with Crippen molar-refractivity contribution in [3.8, 4) is 0 Å². The molecule has 0 aliphatic rings. The monoisotopic (exact) mass is 498 g/mol. The van der Waals surface area contributed by atoms with Gasteiger partial charge in [0.15, 0.2) is 6.29 Å². The highest BCUT2D eigenvalue weighted by atomic mass is 79.9. The molecule has 0 aliphatic heterocycles. The minimum absolute atomic E-state index is 0. The van der Waals surface area contributed by atoms with Gasteiger partial charge in [-0.15, -0.1) is 0 Å². The lowest BCUT2D eigenvalue weighted by Gasteiger charge is -2.28. The van der Waals surface area contributed by atoms with Crippen LogP contribution < -0.4 is 32.9 Å². The molecule has 0 atom stereocenters. The van der Waals surface area contributed by atoms with E-state index in [4.69, 9.17) is 9.47 Å². The summed E-state index contributed by atoms with van der Waals surface area (Å²) in [5.74, 6) is 0. The molecule has 3 aromatic carbocycles. The van der Waals surface area contributed by atoms with E-state index >= 15 is 0 Å². The van der Waals surface area contributed by atoms with Gasteiger partial charge in [0.2, 0.25) is 0 Å². The molecule has 0 saturated heterocycles. The van der Waals surface area contributed by atoms with E-state index in [-0.39, 0.29) is 23.3 Å². The van der Waals surface area contributed by atoms with Gasteiger partial charge in [0.05, 0.1) is 6.16 Å². The number of hydrogen-bond acceptors (Lipinski definition) is 2. The number of halogens is 1. The predicted molar refractivity (Wildman–Crippen MR) is 131 cm³/mol. The second kappa shape index (κ2) is 12.9. The van der Waals surface area contributed by atoms with Crippen molar-refractivity contribution in [3.05, 3.63) is 103 Å². The van der Waals surface area contributed by atoms with Crippen molar-refractivity contribution in [2.75, 3.05) is 19.4 Å². The van der Waals surface area contributed by atoms with Crippen LogP contribution >= 0.6 is 7.26 Å². The van der Waals surface area contributed by atoms with Crippen LogP contribution in [0.1, 0.15) is 20.8 Å². The molecule has 0 amide bonds. The molecule has 31 heavy (non-hydrogen) atoms. The predicted octanol–water partition coefficient (Wildman–Crippen LogP) is 2.33. The van der Waals surface area contributed by atoms with Crippen LogP contribution in [0.3, 0.4) is 0 Å². The van der Waals surface area contributed by atoms with E-state index in [1.807, 2.05) is 13.8 Å². The fraction of sp³-hybridized carbons (Fsp3) is 0.259. The summed E-state index contributed by atoms with van der Waals surface area (Å²) in [4.78, 5) is 0. The summed E-state index contributed by atoms with van der Waals surface area (Å²) in [7, 11) is -1.88. The van der Waals surface area contributed by atoms with E-state index in [0.717, 1.165) is 6.16 Å². The number of hydrogen-bond donors (Lipinski definition) is 0. The average Bonchev–Trinajstić information content (AvgIpc) is 2.79. The second-order valence-corrected chi connectivity index (χ2v) is 10.8. The van der Waals surface area contributed by atoms with Crippen molar-refractivity contribution in [3.63, 3.8) is 0 Å². The molecule has 3 aromatic rings. The van der Waals surface area contributed by atoms with Crippen molar-refractivity contribution in [1.82, 2.24) is 0 Å². The van der Waals surface area contributed by atoms with Gasteiger partial charge in [0, 0.05) is 13.2 Å². The van der Waals surface area contributed by atoms with Crippen molar-refractivity contribution in [2.45, 2.75) is 27.1 Å². The van der Waals surface area contributed by atoms with Crippen LogP contribution in [0.5, 0.6) is 0 Å². The zero-order valence-electron chi connectivity index (χ0n) is 18.6. The molecule has 4 heteroatoms. The maximum Gasteiger partial charge on any atom is 0.177 e. The summed E-state index contributed by atoms with van der Waals surface area (Å²) < 4.78 is 11.6. The lowest BCUT2D eigenvalue weighted by molar-refractivity contribution is -0.104. The zero-order valence-corrected chi connectivity index (χ0v) is 21.1. The maximum atomic E-state index is 5.80. The number of allylic oxidation sites excluding steroid dienone is 1. The summed E-state index contributed by atoms with van der Waals surface area (Å²) in [5.41, 5.74) is 1.28. The van der Waals surface area contributed by atoms with Gasteiger partial charge in [-0.1, -0.05) is 54.6 Å². The first kappa shape index (κ1) is 25.5. The van der Waals surface area contributed by atoms with E-state index in [0.29, 0.717) is 13.2 Å². The fourth-order valence-corrected chi connectivity index (χ4v) is 8.24. The number of ether oxygens (including phenoxy) is 2. The normalized spacial score (nSPS) is 11.9. The summed E-state index contributed by atoms with van der Waals surface area (Å²) in [6.07, 6.45) is 2.79. The molecular formula is C27H32BrO2P. The molecule has 0 radical (unpaired) electrons. The first-order valence-electron chi connectivity index (χ1n) is 10.7. The molecule has 164 valence electrons. The lowest BCUT2D eigenvalue weighted by atomic mass is 10.3. The molecule has 0 heterocycles. The molecule has 2 nitrogen and oxygen atoms in total. The highest BCUT2D eigenvalue weighted by Crippen LogP contribution is 2.56. The van der Waals surface area contributed by atoms with Gasteiger partial charge in [-0.05, 0) is 68.8 Å². The van der Waals surface area contributed by atoms with E-state index in [9.17, 15) is 0 Å². The summed E-state index contributed by atoms with van der Waals surface area (Å²) >= 11 is 0. The van der Waals surface area contributed by atoms with Crippen LogP contribution in [0.2, 0.25) is 0 Å². The summed E-state index contributed by atoms with van der Waals surface area (Å²) in [5, 5.41) is 4.17. The van der Waals surface area contributed by atoms with Crippen LogP contribution in [0.15, 0.2) is 103 Å². The van der Waals surface area contributed by atoms with Gasteiger partial charge >= 0.3 is 0 Å². The van der Waals surface area contributed by atoms with Gasteiger partial charge in [-0.3, -0.25) is 0 Å². The van der Waals surface area contributed by atoms with Crippen molar-refractivity contribution < 1.29 is 26.5 Å². The van der Waals surface area contributed by atoms with Crippen LogP contribution in [-0.2, 0) is 9.47 Å². The van der Waals surface area contributed by atoms with E-state index in [1.54, 1.807) is 0 Å². The second-order valence-electron chi connectivity index (χ2n) is 7.27. The number of benzene rings is 3. The van der Waals surface area contributed by atoms with Gasteiger partial charge < -0.3 is 26.5 Å². The molecule has 0 unspecified atom stereocenters. The zero-order chi connectivity index (χ0) is 21.2. The molecule has 0 aliphatic carbocycles. The van der Waals surface area contributed by atoms with E-state index in [2.05, 4.69) is 104 Å². The molecule has 0 bridgehead atoms. The Kier molecular flexibility index (Phi) is 10.6. The smallest absolute Gasteiger partial charge is 0.177 e. The third kappa shape index (κ3) is 6.37. The molecule has 0 spiro atoms. The van der Waals surface area contributed by atoms with Crippen molar-refractivity contribution in [2.24, 2.45) is 0 Å². The highest BCUT2D eigenvalue weighted by molar-refractivity contribution is 7.95. The average molecular weight is 499 g/mol. The lowest BCUT2D eigenvalue weighted by Crippen LogP contribution is -3.00. The Morgan fingerprint density at radius 2 is 1.06 bits per heavy atom. The Balaban J connectivity index is 0.00000341. The third-order valence-corrected chi connectivity index (χ3v) is 9.67. The van der Waals surface area contributed by atoms with E-state index in [1.165, 1.54) is 21.5 Å². The van der Waals surface area contributed by atoms with Crippen molar-refractivity contribution >= 4 is 23.2 Å². The quantitative estimate of drug-likeness (QED) is 0.242. The standard InChI is InChI=1S/C27H32O2P.BrH/c1-4-28-27(29-5-2)21-23(3)22-30(24-15-9-6-10-16-24,25-17-11-7-12-18-25)26-19-13-8-14-20-26;/h6-21,27H,4-5,22H2,1-3H3;1H/q+1;/p-1. The van der Waals surface area contributed by atoms with Crippen LogP contribution in [0.25, 0.3) is 0 Å². The van der Waals surface area contributed by atoms with Crippen molar-refractivity contribution in [1.29, 1.82) is 0 Å².